The van der Waals surface area contributed by atoms with Crippen LogP contribution in [0.3, 0.4) is 0 Å². The molecular weight excluding hydrogens is 400 g/mol. The molecule has 2 amide bonds. The first-order valence-electron chi connectivity index (χ1n) is 10.5. The van der Waals surface area contributed by atoms with E-state index in [9.17, 15) is 9.59 Å². The summed E-state index contributed by atoms with van der Waals surface area (Å²) in [5, 5.41) is 6.35. The molecule has 0 aromatic heterocycles. The molecule has 9 nitrogen and oxygen atoms in total. The monoisotopic (exact) mass is 432 g/mol. The molecule has 0 bridgehead atoms. The van der Waals surface area contributed by atoms with Crippen molar-refractivity contribution in [2.45, 2.75) is 25.9 Å². The third-order valence-electron chi connectivity index (χ3n) is 5.61. The van der Waals surface area contributed by atoms with Crippen LogP contribution in [0.25, 0.3) is 0 Å². The Hall–Kier alpha value is -2.78. The van der Waals surface area contributed by atoms with Gasteiger partial charge in [0.15, 0.2) is 0 Å². The van der Waals surface area contributed by atoms with E-state index in [2.05, 4.69) is 22.5 Å². The Morgan fingerprint density at radius 3 is 2.45 bits per heavy atom. The molecule has 2 unspecified atom stereocenters. The number of piperazine rings is 1. The van der Waals surface area contributed by atoms with Gasteiger partial charge in [0.1, 0.15) is 11.5 Å². The predicted molar refractivity (Wildman–Crippen MR) is 116 cm³/mol. The second-order valence-corrected chi connectivity index (χ2v) is 7.76. The number of nitrogens with one attached hydrogen (secondary N) is 2. The normalized spacial score (nSPS) is 22.2. The van der Waals surface area contributed by atoms with Gasteiger partial charge in [0.05, 0.1) is 32.4 Å². The van der Waals surface area contributed by atoms with Crippen molar-refractivity contribution in [2.75, 3.05) is 54.1 Å². The summed E-state index contributed by atoms with van der Waals surface area (Å²) >= 11 is 0. The second-order valence-electron chi connectivity index (χ2n) is 7.76. The molecule has 0 saturated carbocycles. The van der Waals surface area contributed by atoms with Crippen LogP contribution in [-0.4, -0.2) is 81.9 Å². The minimum atomic E-state index is -0.679. The number of ether oxygens (including phenoxy) is 3. The fourth-order valence-electron chi connectivity index (χ4n) is 4.01. The summed E-state index contributed by atoms with van der Waals surface area (Å²) in [7, 11) is 4.80. The molecule has 0 radical (unpaired) electrons. The topological polar surface area (TPSA) is 92.4 Å². The van der Waals surface area contributed by atoms with Crippen LogP contribution in [0.2, 0.25) is 0 Å². The van der Waals surface area contributed by atoms with Crippen molar-refractivity contribution in [2.24, 2.45) is 0 Å². The lowest BCUT2D eigenvalue weighted by Gasteiger charge is -2.39. The Balaban J connectivity index is 2.09. The number of esters is 1. The van der Waals surface area contributed by atoms with Gasteiger partial charge in [-0.15, -0.1) is 0 Å². The van der Waals surface area contributed by atoms with E-state index in [4.69, 9.17) is 14.2 Å². The van der Waals surface area contributed by atoms with E-state index in [1.807, 2.05) is 0 Å². The van der Waals surface area contributed by atoms with Gasteiger partial charge in [0, 0.05) is 51.0 Å². The number of urea groups is 1. The smallest absolute Gasteiger partial charge is 0.338 e. The maximum absolute atomic E-state index is 13.1. The number of carbonyl (C=O) groups is 2. The van der Waals surface area contributed by atoms with E-state index in [0.29, 0.717) is 40.9 Å². The first kappa shape index (κ1) is 22.9. The molecule has 2 atom stereocenters. The molecule has 1 aromatic rings. The summed E-state index contributed by atoms with van der Waals surface area (Å²) in [5.74, 6) is 0.700. The Kier molecular flexibility index (Phi) is 7.40. The van der Waals surface area contributed by atoms with E-state index in [1.165, 1.54) is 4.90 Å². The molecule has 1 saturated heterocycles. The second kappa shape index (κ2) is 10.0. The fourth-order valence-corrected chi connectivity index (χ4v) is 4.01. The first-order chi connectivity index (χ1) is 14.9. The first-order valence-corrected chi connectivity index (χ1v) is 10.5. The molecule has 3 rings (SSSR count). The highest BCUT2D eigenvalue weighted by Crippen LogP contribution is 2.35. The van der Waals surface area contributed by atoms with Crippen LogP contribution in [0, 0.1) is 0 Å². The largest absolute Gasteiger partial charge is 0.497 e. The molecule has 2 aliphatic rings. The van der Waals surface area contributed by atoms with Crippen molar-refractivity contribution in [3.05, 3.63) is 35.0 Å². The molecule has 1 aromatic carbocycles. The number of methoxy groups -OCH3 is 2. The summed E-state index contributed by atoms with van der Waals surface area (Å²) < 4.78 is 16.2. The molecular formula is C22H32N4O5. The van der Waals surface area contributed by atoms with Crippen LogP contribution in [0.15, 0.2) is 29.5 Å². The van der Waals surface area contributed by atoms with E-state index >= 15 is 0 Å². The van der Waals surface area contributed by atoms with Gasteiger partial charge in [-0.2, -0.15) is 0 Å². The Bertz CT molecular complexity index is 834. The number of amides is 2. The number of likely N-dealkylation sites (N-methyl/N-ethyl adjacent to an activating group) is 1. The van der Waals surface area contributed by atoms with Crippen molar-refractivity contribution in [3.8, 4) is 11.5 Å². The van der Waals surface area contributed by atoms with Crippen molar-refractivity contribution in [1.29, 1.82) is 0 Å². The highest BCUT2D eigenvalue weighted by Gasteiger charge is 2.38. The zero-order valence-electron chi connectivity index (χ0n) is 18.9. The third kappa shape index (κ3) is 5.11. The number of benzene rings is 1. The molecule has 170 valence electrons. The molecule has 2 N–H and O–H groups in total. The minimum Gasteiger partial charge on any atom is -0.497 e. The van der Waals surface area contributed by atoms with Gasteiger partial charge in [0.2, 0.25) is 0 Å². The van der Waals surface area contributed by atoms with Crippen LogP contribution in [0.5, 0.6) is 11.5 Å². The lowest BCUT2D eigenvalue weighted by molar-refractivity contribution is -0.139. The predicted octanol–water partition coefficient (Wildman–Crippen LogP) is 1.51. The zero-order valence-corrected chi connectivity index (χ0v) is 18.9. The summed E-state index contributed by atoms with van der Waals surface area (Å²) in [6, 6.07) is 4.71. The third-order valence-corrected chi connectivity index (χ3v) is 5.61. The molecule has 31 heavy (non-hydrogen) atoms. The average molecular weight is 433 g/mol. The minimum absolute atomic E-state index is 0.242. The van der Waals surface area contributed by atoms with Crippen LogP contribution in [-0.2, 0) is 9.53 Å². The SMILES string of the molecule is CCOC(=O)C1=C(CN2CCNC(C)C2)N(C)C(=O)NC1c1cc(OC)cc(OC)c1. The summed E-state index contributed by atoms with van der Waals surface area (Å²) in [6.45, 7) is 7.12. The van der Waals surface area contributed by atoms with Gasteiger partial charge in [-0.1, -0.05) is 0 Å². The quantitative estimate of drug-likeness (QED) is 0.631. The number of rotatable bonds is 7. The lowest BCUT2D eigenvalue weighted by atomic mass is 9.93. The van der Waals surface area contributed by atoms with E-state index in [1.54, 1.807) is 46.4 Å². The van der Waals surface area contributed by atoms with Gasteiger partial charge < -0.3 is 24.8 Å². The maximum atomic E-state index is 13.1. The molecule has 0 aliphatic carbocycles. The maximum Gasteiger partial charge on any atom is 0.338 e. The van der Waals surface area contributed by atoms with Crippen LogP contribution in [0.1, 0.15) is 25.5 Å². The van der Waals surface area contributed by atoms with Crippen LogP contribution >= 0.6 is 0 Å². The van der Waals surface area contributed by atoms with Gasteiger partial charge in [0.25, 0.3) is 0 Å². The van der Waals surface area contributed by atoms with Gasteiger partial charge in [-0.05, 0) is 31.5 Å². The lowest BCUT2D eigenvalue weighted by Crippen LogP contribution is -2.53. The number of hydrogen-bond donors (Lipinski definition) is 2. The number of nitrogens with zero attached hydrogens (tertiary/aromatic N) is 2. The Morgan fingerprint density at radius 2 is 1.87 bits per heavy atom. The number of carbonyl (C=O) groups excluding carboxylic acids is 2. The van der Waals surface area contributed by atoms with Gasteiger partial charge >= 0.3 is 12.0 Å². The standard InChI is InChI=1S/C22H32N4O5/c1-6-31-21(27)19-18(13-26-8-7-23-14(2)12-26)25(3)22(28)24-20(19)15-9-16(29-4)11-17(10-15)30-5/h9-11,14,20,23H,6-8,12-13H2,1-5H3,(H,24,28). The summed E-state index contributed by atoms with van der Waals surface area (Å²) in [4.78, 5) is 29.7. The highest BCUT2D eigenvalue weighted by atomic mass is 16.5. The van der Waals surface area contributed by atoms with Crippen LogP contribution < -0.4 is 20.1 Å². The Labute approximate surface area is 183 Å². The molecule has 0 spiro atoms. The van der Waals surface area contributed by atoms with Crippen molar-refractivity contribution in [1.82, 2.24) is 20.4 Å². The number of hydrogen-bond acceptors (Lipinski definition) is 7. The summed E-state index contributed by atoms with van der Waals surface area (Å²) in [6.07, 6.45) is 0. The van der Waals surface area contributed by atoms with Crippen molar-refractivity contribution in [3.63, 3.8) is 0 Å². The molecule has 2 heterocycles. The zero-order chi connectivity index (χ0) is 22.5. The van der Waals surface area contributed by atoms with Crippen molar-refractivity contribution >= 4 is 12.0 Å². The molecule has 1 fully saturated rings. The van der Waals surface area contributed by atoms with E-state index in [-0.39, 0.29) is 12.6 Å². The van der Waals surface area contributed by atoms with E-state index < -0.39 is 12.0 Å². The average Bonchev–Trinajstić information content (AvgIpc) is 2.76. The Morgan fingerprint density at radius 1 is 1.19 bits per heavy atom. The van der Waals surface area contributed by atoms with Gasteiger partial charge in [-0.3, -0.25) is 9.80 Å². The highest BCUT2D eigenvalue weighted by molar-refractivity contribution is 5.95. The van der Waals surface area contributed by atoms with Crippen LogP contribution in [0.4, 0.5) is 4.79 Å². The summed E-state index contributed by atoms with van der Waals surface area (Å²) in [5.41, 5.74) is 1.75. The fraction of sp³-hybridized carbons (Fsp3) is 0.545. The van der Waals surface area contributed by atoms with Crippen molar-refractivity contribution < 1.29 is 23.8 Å². The van der Waals surface area contributed by atoms with E-state index in [0.717, 1.165) is 19.6 Å². The molecule has 2 aliphatic heterocycles. The molecule has 9 heteroatoms. The van der Waals surface area contributed by atoms with Gasteiger partial charge in [-0.25, -0.2) is 9.59 Å².